The molecule has 0 unspecified atom stereocenters. The van der Waals surface area contributed by atoms with Crippen LogP contribution in [0.3, 0.4) is 0 Å². The lowest BCUT2D eigenvalue weighted by atomic mass is 10.2. The molecule has 0 bridgehead atoms. The fourth-order valence-electron chi connectivity index (χ4n) is 2.05. The van der Waals surface area contributed by atoms with Gasteiger partial charge in [-0.2, -0.15) is 4.31 Å². The maximum Gasteiger partial charge on any atom is 0.322 e. The van der Waals surface area contributed by atoms with Gasteiger partial charge in [0.25, 0.3) is 0 Å². The molecule has 0 amide bonds. The third-order valence-electron chi connectivity index (χ3n) is 3.02. The number of nitrogens with zero attached hydrogens (tertiary/aromatic N) is 1. The third-order valence-corrected chi connectivity index (χ3v) is 5.18. The molecule has 2 atom stereocenters. The second kappa shape index (κ2) is 5.28. The lowest BCUT2D eigenvalue weighted by Crippen LogP contribution is -2.40. The van der Waals surface area contributed by atoms with Gasteiger partial charge in [0.05, 0.1) is 16.0 Å². The molecule has 2 N–H and O–H groups in total. The molecular weight excluding hydrogens is 313 g/mol. The van der Waals surface area contributed by atoms with Gasteiger partial charge in [0.15, 0.2) is 0 Å². The number of carboxylic acids is 1. The van der Waals surface area contributed by atoms with Crippen molar-refractivity contribution < 1.29 is 27.8 Å². The van der Waals surface area contributed by atoms with Crippen molar-refractivity contribution >= 4 is 27.6 Å². The first-order valence-corrected chi connectivity index (χ1v) is 7.43. The zero-order chi connectivity index (χ0) is 15.1. The van der Waals surface area contributed by atoms with Crippen LogP contribution in [0.1, 0.15) is 6.42 Å². The summed E-state index contributed by atoms with van der Waals surface area (Å²) in [4.78, 5) is 10.7. The lowest BCUT2D eigenvalue weighted by molar-refractivity contribution is -0.140. The molecule has 2 rings (SSSR count). The van der Waals surface area contributed by atoms with Crippen molar-refractivity contribution in [2.45, 2.75) is 23.5 Å². The second-order valence-electron chi connectivity index (χ2n) is 4.39. The number of aliphatic hydroxyl groups excluding tert-OH is 1. The number of carboxylic acid groups (broad SMARTS) is 1. The van der Waals surface area contributed by atoms with E-state index in [1.165, 1.54) is 0 Å². The van der Waals surface area contributed by atoms with Crippen LogP contribution < -0.4 is 0 Å². The predicted octanol–water partition coefficient (Wildman–Crippen LogP) is 0.688. The van der Waals surface area contributed by atoms with Crippen molar-refractivity contribution in [1.29, 1.82) is 0 Å². The average Bonchev–Trinajstić information content (AvgIpc) is 2.75. The molecule has 20 heavy (non-hydrogen) atoms. The van der Waals surface area contributed by atoms with E-state index in [9.17, 15) is 22.7 Å². The minimum absolute atomic E-state index is 0.191. The van der Waals surface area contributed by atoms with Crippen LogP contribution in [0, 0.1) is 5.82 Å². The van der Waals surface area contributed by atoms with Crippen LogP contribution in [0.5, 0.6) is 0 Å². The summed E-state index contributed by atoms with van der Waals surface area (Å²) >= 11 is 5.53. The average molecular weight is 324 g/mol. The summed E-state index contributed by atoms with van der Waals surface area (Å²) in [7, 11) is -4.16. The van der Waals surface area contributed by atoms with Crippen molar-refractivity contribution in [3.8, 4) is 0 Å². The number of sulfonamides is 1. The van der Waals surface area contributed by atoms with E-state index < -0.39 is 34.0 Å². The predicted molar refractivity (Wildman–Crippen MR) is 67.3 cm³/mol. The number of halogens is 2. The van der Waals surface area contributed by atoms with E-state index in [1.807, 2.05) is 0 Å². The Kier molecular flexibility index (Phi) is 4.01. The van der Waals surface area contributed by atoms with Gasteiger partial charge in [-0.25, -0.2) is 12.8 Å². The van der Waals surface area contributed by atoms with Crippen LogP contribution in [-0.2, 0) is 14.8 Å². The highest BCUT2D eigenvalue weighted by molar-refractivity contribution is 7.89. The Balaban J connectivity index is 2.43. The monoisotopic (exact) mass is 323 g/mol. The van der Waals surface area contributed by atoms with E-state index in [2.05, 4.69) is 0 Å². The molecular formula is C11H11ClFNO5S. The van der Waals surface area contributed by atoms with Crippen LogP contribution in [-0.4, -0.2) is 47.6 Å². The van der Waals surface area contributed by atoms with Gasteiger partial charge in [-0.3, -0.25) is 4.79 Å². The third kappa shape index (κ3) is 2.64. The Morgan fingerprint density at radius 3 is 2.65 bits per heavy atom. The quantitative estimate of drug-likeness (QED) is 0.853. The van der Waals surface area contributed by atoms with Crippen molar-refractivity contribution in [1.82, 2.24) is 4.31 Å². The summed E-state index contributed by atoms with van der Waals surface area (Å²) < 4.78 is 38.4. The molecule has 1 heterocycles. The van der Waals surface area contributed by atoms with Crippen molar-refractivity contribution in [3.63, 3.8) is 0 Å². The number of hydrogen-bond donors (Lipinski definition) is 2. The molecule has 6 nitrogen and oxygen atoms in total. The SMILES string of the molecule is O=C(O)[C@H]1C[C@@H](O)CN1S(=O)(=O)c1ccc(F)c(Cl)c1. The summed E-state index contributed by atoms with van der Waals surface area (Å²) in [5.74, 6) is -2.12. The van der Waals surface area contributed by atoms with Crippen LogP contribution >= 0.6 is 11.6 Å². The van der Waals surface area contributed by atoms with Crippen molar-refractivity contribution in [3.05, 3.63) is 29.0 Å². The highest BCUT2D eigenvalue weighted by Gasteiger charge is 2.43. The number of aliphatic hydroxyl groups is 1. The Hall–Kier alpha value is -1.22. The molecule has 0 saturated carbocycles. The highest BCUT2D eigenvalue weighted by Crippen LogP contribution is 2.28. The minimum atomic E-state index is -4.16. The van der Waals surface area contributed by atoms with Gasteiger partial charge < -0.3 is 10.2 Å². The molecule has 0 radical (unpaired) electrons. The molecule has 1 aromatic rings. The largest absolute Gasteiger partial charge is 0.480 e. The Morgan fingerprint density at radius 1 is 1.45 bits per heavy atom. The Bertz CT molecular complexity index is 650. The molecule has 0 spiro atoms. The lowest BCUT2D eigenvalue weighted by Gasteiger charge is -2.20. The van der Waals surface area contributed by atoms with Gasteiger partial charge in [-0.15, -0.1) is 0 Å². The number of hydrogen-bond acceptors (Lipinski definition) is 4. The first kappa shape index (κ1) is 15.2. The van der Waals surface area contributed by atoms with E-state index in [0.29, 0.717) is 4.31 Å². The number of carbonyl (C=O) groups is 1. The van der Waals surface area contributed by atoms with Crippen LogP contribution in [0.25, 0.3) is 0 Å². The van der Waals surface area contributed by atoms with Gasteiger partial charge in [0.1, 0.15) is 11.9 Å². The molecule has 0 aromatic heterocycles. The summed E-state index contributed by atoms with van der Waals surface area (Å²) in [5.41, 5.74) is 0. The fourth-order valence-corrected chi connectivity index (χ4v) is 3.95. The summed E-state index contributed by atoms with van der Waals surface area (Å²) in [6.07, 6.45) is -1.24. The van der Waals surface area contributed by atoms with Crippen LogP contribution in [0.4, 0.5) is 4.39 Å². The van der Waals surface area contributed by atoms with E-state index in [0.717, 1.165) is 18.2 Å². The van der Waals surface area contributed by atoms with Crippen LogP contribution in [0.2, 0.25) is 5.02 Å². The molecule has 1 fully saturated rings. The second-order valence-corrected chi connectivity index (χ2v) is 6.69. The van der Waals surface area contributed by atoms with Gasteiger partial charge in [-0.1, -0.05) is 11.6 Å². The van der Waals surface area contributed by atoms with Gasteiger partial charge >= 0.3 is 5.97 Å². The normalized spacial score (nSPS) is 23.9. The number of rotatable bonds is 3. The molecule has 110 valence electrons. The summed E-state index contributed by atoms with van der Waals surface area (Å²) in [6.45, 7) is -0.325. The first-order chi connectivity index (χ1) is 9.23. The molecule has 1 aliphatic rings. The minimum Gasteiger partial charge on any atom is -0.480 e. The Labute approximate surface area is 119 Å². The molecule has 0 aliphatic carbocycles. The standard InChI is InChI=1S/C11H11ClFNO5S/c12-8-4-7(1-2-9(8)13)20(18,19)14-5-6(15)3-10(14)11(16)17/h1-2,4,6,10,15H,3,5H2,(H,16,17)/t6-,10-/m1/s1. The zero-order valence-corrected chi connectivity index (χ0v) is 11.6. The summed E-state index contributed by atoms with van der Waals surface area (Å²) in [5, 5.41) is 18.1. The maximum atomic E-state index is 13.1. The van der Waals surface area contributed by atoms with E-state index in [-0.39, 0.29) is 22.9 Å². The topological polar surface area (TPSA) is 94.9 Å². The number of benzene rings is 1. The number of β-amino-alcohol motifs (C(OH)–C–C–N with tert-alkyl or cyclic N) is 1. The Morgan fingerprint density at radius 2 is 2.10 bits per heavy atom. The molecule has 1 saturated heterocycles. The van der Waals surface area contributed by atoms with Gasteiger partial charge in [0.2, 0.25) is 10.0 Å². The van der Waals surface area contributed by atoms with Gasteiger partial charge in [0, 0.05) is 13.0 Å². The van der Waals surface area contributed by atoms with E-state index >= 15 is 0 Å². The molecule has 1 aliphatic heterocycles. The van der Waals surface area contributed by atoms with Crippen molar-refractivity contribution in [2.75, 3.05) is 6.54 Å². The number of aliphatic carboxylic acids is 1. The summed E-state index contributed by atoms with van der Waals surface area (Å²) in [6, 6.07) is 1.45. The van der Waals surface area contributed by atoms with E-state index in [4.69, 9.17) is 16.7 Å². The highest BCUT2D eigenvalue weighted by atomic mass is 35.5. The molecule has 1 aromatic carbocycles. The van der Waals surface area contributed by atoms with Crippen molar-refractivity contribution in [2.24, 2.45) is 0 Å². The fraction of sp³-hybridized carbons (Fsp3) is 0.364. The molecule has 9 heteroatoms. The first-order valence-electron chi connectivity index (χ1n) is 5.61. The van der Waals surface area contributed by atoms with Crippen LogP contribution in [0.15, 0.2) is 23.1 Å². The smallest absolute Gasteiger partial charge is 0.322 e. The maximum absolute atomic E-state index is 13.1. The van der Waals surface area contributed by atoms with E-state index in [1.54, 1.807) is 0 Å². The van der Waals surface area contributed by atoms with Gasteiger partial charge in [-0.05, 0) is 18.2 Å². The zero-order valence-electron chi connectivity index (χ0n) is 10.0.